The molecule has 2 nitrogen and oxygen atoms in total. The minimum atomic E-state index is -1.61. The summed E-state index contributed by atoms with van der Waals surface area (Å²) in [7, 11) is 0. The second-order valence-electron chi connectivity index (χ2n) is 8.75. The Balaban J connectivity index is 2.74. The van der Waals surface area contributed by atoms with Gasteiger partial charge in [0.05, 0.1) is 6.61 Å². The summed E-state index contributed by atoms with van der Waals surface area (Å²) in [5.74, 6) is -1.10. The van der Waals surface area contributed by atoms with Crippen LogP contribution in [0.3, 0.4) is 0 Å². The zero-order chi connectivity index (χ0) is 20.9. The molecule has 0 fully saturated rings. The standard InChI is InChI=1S/C25H37FO2/c1-6-7-8-12-15-20-21(17(2)3)24(26)22(18(4)5)25(28,16-27)23(20)19-13-10-9-11-14-19/h9-11,13-14,17-18,22,27-28H,6-8,12,15-16H2,1-5H3. The summed E-state index contributed by atoms with van der Waals surface area (Å²) in [5.41, 5.74) is 1.60. The Bertz CT molecular complexity index is 703. The van der Waals surface area contributed by atoms with E-state index >= 15 is 4.39 Å². The second kappa shape index (κ2) is 9.84. The van der Waals surface area contributed by atoms with Crippen LogP contribution in [-0.2, 0) is 0 Å². The first-order valence-electron chi connectivity index (χ1n) is 10.8. The molecule has 1 aromatic carbocycles. The topological polar surface area (TPSA) is 40.5 Å². The van der Waals surface area contributed by atoms with E-state index in [4.69, 9.17) is 0 Å². The molecule has 0 saturated heterocycles. The number of hydrogen-bond donors (Lipinski definition) is 2. The zero-order valence-corrected chi connectivity index (χ0v) is 18.1. The molecule has 2 N–H and O–H groups in total. The van der Waals surface area contributed by atoms with Gasteiger partial charge in [-0.05, 0) is 47.0 Å². The van der Waals surface area contributed by atoms with Crippen molar-refractivity contribution in [3.8, 4) is 0 Å². The molecule has 0 saturated carbocycles. The first-order valence-corrected chi connectivity index (χ1v) is 10.8. The average Bonchev–Trinajstić information content (AvgIpc) is 2.65. The van der Waals surface area contributed by atoms with E-state index in [0.29, 0.717) is 0 Å². The van der Waals surface area contributed by atoms with Gasteiger partial charge in [-0.15, -0.1) is 0 Å². The lowest BCUT2D eigenvalue weighted by Crippen LogP contribution is -2.48. The van der Waals surface area contributed by atoms with Gasteiger partial charge in [0.2, 0.25) is 0 Å². The van der Waals surface area contributed by atoms with Crippen molar-refractivity contribution in [1.82, 2.24) is 0 Å². The minimum Gasteiger partial charge on any atom is -0.393 e. The molecule has 156 valence electrons. The number of benzene rings is 1. The van der Waals surface area contributed by atoms with E-state index in [1.54, 1.807) is 0 Å². The lowest BCUT2D eigenvalue weighted by atomic mass is 9.64. The summed E-state index contributed by atoms with van der Waals surface area (Å²) in [6, 6.07) is 9.72. The van der Waals surface area contributed by atoms with E-state index in [9.17, 15) is 10.2 Å². The predicted octanol–water partition coefficient (Wildman–Crippen LogP) is 6.30. The number of aliphatic hydroxyl groups excluding tert-OH is 1. The van der Waals surface area contributed by atoms with Gasteiger partial charge in [-0.3, -0.25) is 0 Å². The molecule has 28 heavy (non-hydrogen) atoms. The largest absolute Gasteiger partial charge is 0.393 e. The SMILES string of the molecule is CCCCCCC1=C(c2ccccc2)C(O)(CO)C(C(C)C)C(F)=C1C(C)C. The quantitative estimate of drug-likeness (QED) is 0.487. The van der Waals surface area contributed by atoms with Gasteiger partial charge in [0, 0.05) is 5.92 Å². The normalized spacial score (nSPS) is 23.3. The zero-order valence-electron chi connectivity index (χ0n) is 18.1. The van der Waals surface area contributed by atoms with Crippen molar-refractivity contribution in [3.63, 3.8) is 0 Å². The molecule has 0 radical (unpaired) electrons. The average molecular weight is 389 g/mol. The van der Waals surface area contributed by atoms with Gasteiger partial charge in [0.25, 0.3) is 0 Å². The number of rotatable bonds is 9. The second-order valence-corrected chi connectivity index (χ2v) is 8.75. The van der Waals surface area contributed by atoms with Crippen LogP contribution < -0.4 is 0 Å². The van der Waals surface area contributed by atoms with Crippen LogP contribution in [-0.4, -0.2) is 22.4 Å². The molecule has 0 bridgehead atoms. The highest BCUT2D eigenvalue weighted by molar-refractivity contribution is 5.81. The Hall–Kier alpha value is -1.45. The van der Waals surface area contributed by atoms with Crippen molar-refractivity contribution in [3.05, 3.63) is 52.9 Å². The lowest BCUT2D eigenvalue weighted by molar-refractivity contribution is -0.0255. The summed E-state index contributed by atoms with van der Waals surface area (Å²) in [5, 5.41) is 22.0. The Labute approximate surface area is 170 Å². The van der Waals surface area contributed by atoms with Crippen LogP contribution in [0.1, 0.15) is 72.3 Å². The van der Waals surface area contributed by atoms with Crippen molar-refractivity contribution >= 4 is 5.57 Å². The van der Waals surface area contributed by atoms with Crippen LogP contribution in [0.25, 0.3) is 5.57 Å². The third-order valence-electron chi connectivity index (χ3n) is 5.93. The van der Waals surface area contributed by atoms with E-state index in [-0.39, 0.29) is 17.7 Å². The maximum absolute atomic E-state index is 15.8. The smallest absolute Gasteiger partial charge is 0.123 e. The molecule has 1 aromatic rings. The molecule has 0 heterocycles. The Morgan fingerprint density at radius 2 is 1.68 bits per heavy atom. The highest BCUT2D eigenvalue weighted by Gasteiger charge is 2.50. The first-order chi connectivity index (χ1) is 13.3. The van der Waals surface area contributed by atoms with Crippen LogP contribution in [0.5, 0.6) is 0 Å². The number of aliphatic hydroxyl groups is 2. The highest BCUT2D eigenvalue weighted by atomic mass is 19.1. The minimum absolute atomic E-state index is 0.0179. The lowest BCUT2D eigenvalue weighted by Gasteiger charge is -2.45. The Kier molecular flexibility index (Phi) is 8.03. The van der Waals surface area contributed by atoms with Gasteiger partial charge < -0.3 is 10.2 Å². The fourth-order valence-corrected chi connectivity index (χ4v) is 4.74. The van der Waals surface area contributed by atoms with E-state index in [1.165, 1.54) is 0 Å². The number of allylic oxidation sites excluding steroid dienone is 2. The fraction of sp³-hybridized carbons (Fsp3) is 0.600. The van der Waals surface area contributed by atoms with E-state index in [0.717, 1.165) is 54.4 Å². The van der Waals surface area contributed by atoms with Gasteiger partial charge in [-0.25, -0.2) is 4.39 Å². The maximum Gasteiger partial charge on any atom is 0.123 e. The van der Waals surface area contributed by atoms with Crippen molar-refractivity contribution in [2.45, 2.75) is 72.3 Å². The molecule has 3 heteroatoms. The molecule has 1 aliphatic carbocycles. The van der Waals surface area contributed by atoms with Gasteiger partial charge in [-0.2, -0.15) is 0 Å². The number of hydrogen-bond acceptors (Lipinski definition) is 2. The predicted molar refractivity (Wildman–Crippen MR) is 115 cm³/mol. The fourth-order valence-electron chi connectivity index (χ4n) is 4.74. The van der Waals surface area contributed by atoms with Crippen LogP contribution in [0.15, 0.2) is 47.3 Å². The van der Waals surface area contributed by atoms with Crippen molar-refractivity contribution in [2.24, 2.45) is 17.8 Å². The molecular weight excluding hydrogens is 351 g/mol. The summed E-state index contributed by atoms with van der Waals surface area (Å²) in [4.78, 5) is 0. The van der Waals surface area contributed by atoms with Gasteiger partial charge in [0.1, 0.15) is 11.4 Å². The maximum atomic E-state index is 15.8. The third-order valence-corrected chi connectivity index (χ3v) is 5.93. The van der Waals surface area contributed by atoms with Gasteiger partial charge >= 0.3 is 0 Å². The van der Waals surface area contributed by atoms with Gasteiger partial charge in [0.15, 0.2) is 0 Å². The van der Waals surface area contributed by atoms with Crippen molar-refractivity contribution < 1.29 is 14.6 Å². The summed E-state index contributed by atoms with van der Waals surface area (Å²) in [6.07, 6.45) is 5.05. The summed E-state index contributed by atoms with van der Waals surface area (Å²) >= 11 is 0. The number of halogens is 1. The van der Waals surface area contributed by atoms with Crippen LogP contribution >= 0.6 is 0 Å². The van der Waals surface area contributed by atoms with Crippen LogP contribution in [0, 0.1) is 17.8 Å². The monoisotopic (exact) mass is 388 g/mol. The molecule has 2 atom stereocenters. The third kappa shape index (κ3) is 4.41. The summed E-state index contributed by atoms with van der Waals surface area (Å²) < 4.78 is 15.8. The van der Waals surface area contributed by atoms with Crippen LogP contribution in [0.4, 0.5) is 4.39 Å². The van der Waals surface area contributed by atoms with E-state index in [2.05, 4.69) is 6.92 Å². The molecule has 0 aromatic heterocycles. The van der Waals surface area contributed by atoms with E-state index < -0.39 is 18.1 Å². The molecule has 2 unspecified atom stereocenters. The Morgan fingerprint density at radius 3 is 2.18 bits per heavy atom. The van der Waals surface area contributed by atoms with Gasteiger partial charge in [-0.1, -0.05) is 84.2 Å². The van der Waals surface area contributed by atoms with Crippen molar-refractivity contribution in [2.75, 3.05) is 6.61 Å². The molecule has 0 aliphatic heterocycles. The molecular formula is C25H37FO2. The van der Waals surface area contributed by atoms with Crippen molar-refractivity contribution in [1.29, 1.82) is 0 Å². The highest BCUT2D eigenvalue weighted by Crippen LogP contribution is 2.52. The molecule has 2 rings (SSSR count). The Morgan fingerprint density at radius 1 is 1.04 bits per heavy atom. The molecule has 0 amide bonds. The summed E-state index contributed by atoms with van der Waals surface area (Å²) in [6.45, 7) is 9.55. The van der Waals surface area contributed by atoms with Crippen LogP contribution in [0.2, 0.25) is 0 Å². The molecule has 1 aliphatic rings. The van der Waals surface area contributed by atoms with E-state index in [1.807, 2.05) is 58.0 Å². The number of unbranched alkanes of at least 4 members (excludes halogenated alkanes) is 3. The first kappa shape index (κ1) is 22.8. The molecule has 0 spiro atoms.